The highest BCUT2D eigenvalue weighted by Gasteiger charge is 2.22. The molecule has 7 heteroatoms. The quantitative estimate of drug-likeness (QED) is 0.617. The molecule has 2 heterocycles. The minimum absolute atomic E-state index is 0.210. The Morgan fingerprint density at radius 3 is 2.56 bits per heavy atom. The molecule has 0 radical (unpaired) electrons. The normalized spacial score (nSPS) is 12.7. The minimum atomic E-state index is 0.210. The summed E-state index contributed by atoms with van der Waals surface area (Å²) in [5.74, 6) is 2.39. The number of likely N-dealkylation sites (N-methyl/N-ethyl adjacent to an activating group) is 1. The van der Waals surface area contributed by atoms with Crippen molar-refractivity contribution in [3.63, 3.8) is 0 Å². The number of rotatable bonds is 8. The maximum atomic E-state index is 5.15. The number of nitrogens with one attached hydrogen (secondary N) is 1. The predicted molar refractivity (Wildman–Crippen MR) is 109 cm³/mol. The van der Waals surface area contributed by atoms with Crippen molar-refractivity contribution in [2.75, 3.05) is 46.2 Å². The smallest absolute Gasteiger partial charge is 0.166 e. The van der Waals surface area contributed by atoms with Gasteiger partial charge in [-0.25, -0.2) is 15.0 Å². The molecule has 2 aromatic heterocycles. The summed E-state index contributed by atoms with van der Waals surface area (Å²) in [6.07, 6.45) is 0. The summed E-state index contributed by atoms with van der Waals surface area (Å²) in [5.41, 5.74) is 2.72. The second-order valence-corrected chi connectivity index (χ2v) is 6.99. The van der Waals surface area contributed by atoms with Crippen molar-refractivity contribution >= 4 is 17.0 Å². The molecule has 3 rings (SSSR count). The third kappa shape index (κ3) is 4.26. The molecule has 0 aliphatic rings. The van der Waals surface area contributed by atoms with Crippen LogP contribution >= 0.6 is 0 Å². The van der Waals surface area contributed by atoms with Crippen LogP contribution in [-0.2, 0) is 4.74 Å². The Kier molecular flexibility index (Phi) is 6.03. The van der Waals surface area contributed by atoms with E-state index in [1.807, 2.05) is 25.1 Å². The van der Waals surface area contributed by atoms with Crippen LogP contribution in [0.1, 0.15) is 18.8 Å². The van der Waals surface area contributed by atoms with Gasteiger partial charge in [-0.15, -0.1) is 0 Å². The van der Waals surface area contributed by atoms with Crippen molar-refractivity contribution in [1.82, 2.24) is 24.4 Å². The Morgan fingerprint density at radius 2 is 1.89 bits per heavy atom. The summed E-state index contributed by atoms with van der Waals surface area (Å²) in [6.45, 7) is 6.28. The molecule has 1 unspecified atom stereocenters. The lowest BCUT2D eigenvalue weighted by Gasteiger charge is -2.21. The molecule has 3 aromatic rings. The maximum Gasteiger partial charge on any atom is 0.166 e. The zero-order chi connectivity index (χ0) is 19.4. The fourth-order valence-electron chi connectivity index (χ4n) is 3.30. The summed E-state index contributed by atoms with van der Waals surface area (Å²) in [5, 5.41) is 3.34. The largest absolute Gasteiger partial charge is 0.383 e. The summed E-state index contributed by atoms with van der Waals surface area (Å²) in [6, 6.07) is 10.5. The first-order chi connectivity index (χ1) is 13.0. The molecule has 1 atom stereocenters. The third-order valence-electron chi connectivity index (χ3n) is 4.35. The van der Waals surface area contributed by atoms with Crippen molar-refractivity contribution in [2.45, 2.75) is 19.9 Å². The van der Waals surface area contributed by atoms with Gasteiger partial charge >= 0.3 is 0 Å². The standard InChI is InChI=1S/C20H28N6O/c1-14(13-25(3)4)26-19(16-9-7-6-8-10-16)24-17-18(21-11-12-27-5)22-15(2)23-20(17)26/h6-10,14H,11-13H2,1-5H3,(H,21,22,23). The van der Waals surface area contributed by atoms with Crippen LogP contribution in [-0.4, -0.2) is 65.3 Å². The SMILES string of the molecule is COCCNc1nc(C)nc2c1nc(-c1ccccc1)n2C(C)CN(C)C. The van der Waals surface area contributed by atoms with E-state index in [9.17, 15) is 0 Å². The summed E-state index contributed by atoms with van der Waals surface area (Å²) < 4.78 is 7.37. The molecule has 7 nitrogen and oxygen atoms in total. The zero-order valence-electron chi connectivity index (χ0n) is 16.7. The number of benzene rings is 1. The fourth-order valence-corrected chi connectivity index (χ4v) is 3.30. The second kappa shape index (κ2) is 8.45. The number of fused-ring (bicyclic) bond motifs is 1. The van der Waals surface area contributed by atoms with E-state index in [4.69, 9.17) is 14.7 Å². The molecule has 1 aromatic carbocycles. The topological polar surface area (TPSA) is 68.1 Å². The molecule has 27 heavy (non-hydrogen) atoms. The lowest BCUT2D eigenvalue weighted by atomic mass is 10.2. The van der Waals surface area contributed by atoms with Crippen LogP contribution < -0.4 is 5.32 Å². The van der Waals surface area contributed by atoms with Gasteiger partial charge < -0.3 is 19.5 Å². The first-order valence-corrected chi connectivity index (χ1v) is 9.20. The first kappa shape index (κ1) is 19.3. The van der Waals surface area contributed by atoms with Crippen LogP contribution in [0.5, 0.6) is 0 Å². The van der Waals surface area contributed by atoms with E-state index in [-0.39, 0.29) is 6.04 Å². The molecule has 0 spiro atoms. The molecule has 0 saturated heterocycles. The number of anilines is 1. The summed E-state index contributed by atoms with van der Waals surface area (Å²) in [4.78, 5) is 16.4. The molecular formula is C20H28N6O. The number of aryl methyl sites for hydroxylation is 1. The summed E-state index contributed by atoms with van der Waals surface area (Å²) >= 11 is 0. The van der Waals surface area contributed by atoms with Crippen LogP contribution in [0.3, 0.4) is 0 Å². The van der Waals surface area contributed by atoms with Gasteiger partial charge in [0.1, 0.15) is 11.6 Å². The number of methoxy groups -OCH3 is 1. The summed E-state index contributed by atoms with van der Waals surface area (Å²) in [7, 11) is 5.85. The first-order valence-electron chi connectivity index (χ1n) is 9.20. The van der Waals surface area contributed by atoms with Gasteiger partial charge in [-0.2, -0.15) is 0 Å². The Hall–Kier alpha value is -2.51. The Morgan fingerprint density at radius 1 is 1.15 bits per heavy atom. The number of ether oxygens (including phenoxy) is 1. The predicted octanol–water partition coefficient (Wildman–Crippen LogP) is 2.98. The van der Waals surface area contributed by atoms with Crippen LogP contribution in [0, 0.1) is 6.92 Å². The number of hydrogen-bond donors (Lipinski definition) is 1. The van der Waals surface area contributed by atoms with Gasteiger partial charge in [0.15, 0.2) is 17.0 Å². The average molecular weight is 368 g/mol. The number of aromatic nitrogens is 4. The van der Waals surface area contributed by atoms with E-state index in [2.05, 4.69) is 52.9 Å². The highest BCUT2D eigenvalue weighted by Crippen LogP contribution is 2.30. The van der Waals surface area contributed by atoms with Crippen molar-refractivity contribution in [3.8, 4) is 11.4 Å². The molecule has 0 aliphatic carbocycles. The average Bonchev–Trinajstić information content (AvgIpc) is 3.01. The second-order valence-electron chi connectivity index (χ2n) is 6.99. The number of imidazole rings is 1. The van der Waals surface area contributed by atoms with Gasteiger partial charge in [-0.1, -0.05) is 30.3 Å². The molecular weight excluding hydrogens is 340 g/mol. The van der Waals surface area contributed by atoms with E-state index in [0.29, 0.717) is 13.2 Å². The number of nitrogens with zero attached hydrogens (tertiary/aromatic N) is 5. The van der Waals surface area contributed by atoms with Crippen LogP contribution in [0.15, 0.2) is 30.3 Å². The van der Waals surface area contributed by atoms with Crippen molar-refractivity contribution in [2.24, 2.45) is 0 Å². The molecule has 0 aliphatic heterocycles. The van der Waals surface area contributed by atoms with Gasteiger partial charge in [0.25, 0.3) is 0 Å². The highest BCUT2D eigenvalue weighted by atomic mass is 16.5. The van der Waals surface area contributed by atoms with Gasteiger partial charge in [0.2, 0.25) is 0 Å². The van der Waals surface area contributed by atoms with Gasteiger partial charge in [0.05, 0.1) is 6.61 Å². The number of hydrogen-bond acceptors (Lipinski definition) is 6. The van der Waals surface area contributed by atoms with Crippen LogP contribution in [0.25, 0.3) is 22.6 Å². The lowest BCUT2D eigenvalue weighted by molar-refractivity contribution is 0.210. The minimum Gasteiger partial charge on any atom is -0.383 e. The van der Waals surface area contributed by atoms with E-state index < -0.39 is 0 Å². The zero-order valence-corrected chi connectivity index (χ0v) is 16.7. The Balaban J connectivity index is 2.18. The molecule has 1 N–H and O–H groups in total. The molecule has 0 bridgehead atoms. The Bertz CT molecular complexity index is 890. The Labute approximate surface area is 160 Å². The van der Waals surface area contributed by atoms with E-state index in [1.165, 1.54) is 0 Å². The fraction of sp³-hybridized carbons (Fsp3) is 0.450. The molecule has 144 valence electrons. The third-order valence-corrected chi connectivity index (χ3v) is 4.35. The van der Waals surface area contributed by atoms with E-state index >= 15 is 0 Å². The molecule has 0 saturated carbocycles. The van der Waals surface area contributed by atoms with Crippen molar-refractivity contribution < 1.29 is 4.74 Å². The molecule has 0 amide bonds. The monoisotopic (exact) mass is 368 g/mol. The van der Waals surface area contributed by atoms with E-state index in [1.54, 1.807) is 7.11 Å². The van der Waals surface area contributed by atoms with Crippen LogP contribution in [0.4, 0.5) is 5.82 Å². The highest BCUT2D eigenvalue weighted by molar-refractivity contribution is 5.86. The lowest BCUT2D eigenvalue weighted by Crippen LogP contribution is -2.23. The van der Waals surface area contributed by atoms with Gasteiger partial charge in [-0.3, -0.25) is 0 Å². The van der Waals surface area contributed by atoms with E-state index in [0.717, 1.165) is 40.7 Å². The van der Waals surface area contributed by atoms with Gasteiger partial charge in [0, 0.05) is 31.8 Å². The van der Waals surface area contributed by atoms with Crippen molar-refractivity contribution in [3.05, 3.63) is 36.2 Å². The maximum absolute atomic E-state index is 5.15. The molecule has 0 fully saturated rings. The van der Waals surface area contributed by atoms with Crippen LogP contribution in [0.2, 0.25) is 0 Å². The van der Waals surface area contributed by atoms with Crippen molar-refractivity contribution in [1.29, 1.82) is 0 Å². The van der Waals surface area contributed by atoms with Gasteiger partial charge in [-0.05, 0) is 27.9 Å².